The number of carbonyl (C=O) groups is 2. The molecule has 0 bridgehead atoms. The highest BCUT2D eigenvalue weighted by atomic mass is 16.6. The van der Waals surface area contributed by atoms with E-state index in [1.807, 2.05) is 12.1 Å². The van der Waals surface area contributed by atoms with Crippen molar-refractivity contribution in [2.24, 2.45) is 0 Å². The van der Waals surface area contributed by atoms with Crippen molar-refractivity contribution in [3.63, 3.8) is 0 Å². The average Bonchev–Trinajstić information content (AvgIpc) is 2.56. The highest BCUT2D eigenvalue weighted by Gasteiger charge is 2.04. The normalized spacial score (nSPS) is 9.74. The zero-order chi connectivity index (χ0) is 16.3. The molecule has 2 rings (SSSR count). The monoisotopic (exact) mass is 314 g/mol. The molecule has 2 amide bonds. The van der Waals surface area contributed by atoms with Crippen LogP contribution in [0.2, 0.25) is 0 Å². The second kappa shape index (κ2) is 9.09. The largest absolute Gasteiger partial charge is 0.412 e. The van der Waals surface area contributed by atoms with Crippen LogP contribution in [0, 0.1) is 0 Å². The van der Waals surface area contributed by atoms with Gasteiger partial charge in [-0.2, -0.15) is 0 Å². The number of nitrogens with one attached hydrogen (secondary N) is 2. The van der Waals surface area contributed by atoms with Crippen LogP contribution in [0.4, 0.5) is 9.59 Å². The second-order valence-electron chi connectivity index (χ2n) is 4.61. The van der Waals surface area contributed by atoms with Crippen molar-refractivity contribution < 1.29 is 19.1 Å². The van der Waals surface area contributed by atoms with Gasteiger partial charge in [0.15, 0.2) is 0 Å². The third-order valence-corrected chi connectivity index (χ3v) is 2.80. The molecule has 0 saturated heterocycles. The quantitative estimate of drug-likeness (QED) is 0.804. The maximum Gasteiger partial charge on any atom is 0.412 e. The highest BCUT2D eigenvalue weighted by molar-refractivity contribution is 5.70. The summed E-state index contributed by atoms with van der Waals surface area (Å²) >= 11 is 0. The number of carbonyl (C=O) groups excluding carboxylic acids is 2. The topological polar surface area (TPSA) is 76.7 Å². The Hall–Kier alpha value is -3.02. The first-order valence-corrected chi connectivity index (χ1v) is 7.25. The molecule has 0 heterocycles. The molecule has 2 aromatic rings. The molecule has 0 aliphatic rings. The van der Waals surface area contributed by atoms with Crippen LogP contribution in [0.5, 0.6) is 11.5 Å². The molecular formula is C17H18N2O4. The Morgan fingerprint density at radius 3 is 1.48 bits per heavy atom. The van der Waals surface area contributed by atoms with Crippen molar-refractivity contribution in [3.05, 3.63) is 60.7 Å². The lowest BCUT2D eigenvalue weighted by Crippen LogP contribution is -2.32. The Balaban J connectivity index is 1.55. The average molecular weight is 314 g/mol. The molecule has 0 aromatic heterocycles. The molecule has 0 aliphatic carbocycles. The van der Waals surface area contributed by atoms with Crippen LogP contribution in [0.1, 0.15) is 6.42 Å². The molecule has 0 unspecified atom stereocenters. The Bertz CT molecular complexity index is 562. The number of ether oxygens (including phenoxy) is 2. The second-order valence-corrected chi connectivity index (χ2v) is 4.61. The first-order chi connectivity index (χ1) is 11.2. The van der Waals surface area contributed by atoms with Gasteiger partial charge in [0, 0.05) is 13.1 Å². The molecule has 120 valence electrons. The van der Waals surface area contributed by atoms with Gasteiger partial charge < -0.3 is 20.1 Å². The van der Waals surface area contributed by atoms with Crippen molar-refractivity contribution in [1.29, 1.82) is 0 Å². The minimum atomic E-state index is -0.525. The van der Waals surface area contributed by atoms with E-state index in [2.05, 4.69) is 10.6 Å². The summed E-state index contributed by atoms with van der Waals surface area (Å²) in [6, 6.07) is 17.6. The van der Waals surface area contributed by atoms with Gasteiger partial charge >= 0.3 is 12.2 Å². The molecule has 0 atom stereocenters. The van der Waals surface area contributed by atoms with E-state index < -0.39 is 12.2 Å². The van der Waals surface area contributed by atoms with Gasteiger partial charge in [-0.25, -0.2) is 9.59 Å². The minimum Gasteiger partial charge on any atom is -0.410 e. The molecular weight excluding hydrogens is 296 g/mol. The van der Waals surface area contributed by atoms with Crippen LogP contribution in [0.3, 0.4) is 0 Å². The molecule has 0 aliphatic heterocycles. The van der Waals surface area contributed by atoms with E-state index in [0.29, 0.717) is 31.0 Å². The Morgan fingerprint density at radius 1 is 0.696 bits per heavy atom. The van der Waals surface area contributed by atoms with Gasteiger partial charge in [0.25, 0.3) is 0 Å². The number of rotatable bonds is 6. The van der Waals surface area contributed by atoms with E-state index >= 15 is 0 Å². The van der Waals surface area contributed by atoms with Crippen molar-refractivity contribution >= 4 is 12.2 Å². The summed E-state index contributed by atoms with van der Waals surface area (Å²) in [5.41, 5.74) is 0. The number of hydrogen-bond acceptors (Lipinski definition) is 4. The Kier molecular flexibility index (Phi) is 6.46. The van der Waals surface area contributed by atoms with Crippen LogP contribution >= 0.6 is 0 Å². The van der Waals surface area contributed by atoms with Crippen molar-refractivity contribution in [3.8, 4) is 11.5 Å². The summed E-state index contributed by atoms with van der Waals surface area (Å²) in [4.78, 5) is 23.0. The molecule has 6 nitrogen and oxygen atoms in total. The summed E-state index contributed by atoms with van der Waals surface area (Å²) in [7, 11) is 0. The first kappa shape index (κ1) is 16.4. The van der Waals surface area contributed by atoms with Crippen LogP contribution < -0.4 is 20.1 Å². The van der Waals surface area contributed by atoms with Gasteiger partial charge in [-0.15, -0.1) is 0 Å². The molecule has 23 heavy (non-hydrogen) atoms. The fourth-order valence-electron chi connectivity index (χ4n) is 1.73. The molecule has 0 radical (unpaired) electrons. The van der Waals surface area contributed by atoms with Crippen molar-refractivity contribution in [1.82, 2.24) is 10.6 Å². The fourth-order valence-corrected chi connectivity index (χ4v) is 1.73. The van der Waals surface area contributed by atoms with Gasteiger partial charge in [0.2, 0.25) is 0 Å². The molecule has 2 aromatic carbocycles. The lowest BCUT2D eigenvalue weighted by atomic mass is 10.3. The fraction of sp³-hybridized carbons (Fsp3) is 0.176. The predicted molar refractivity (Wildman–Crippen MR) is 85.6 cm³/mol. The minimum absolute atomic E-state index is 0.386. The van der Waals surface area contributed by atoms with E-state index in [1.165, 1.54) is 0 Å². The van der Waals surface area contributed by atoms with Crippen LogP contribution in [-0.4, -0.2) is 25.3 Å². The molecule has 0 saturated carbocycles. The number of amides is 2. The predicted octanol–water partition coefficient (Wildman–Crippen LogP) is 2.95. The lowest BCUT2D eigenvalue weighted by Gasteiger charge is -2.08. The maximum atomic E-state index is 11.5. The summed E-state index contributed by atoms with van der Waals surface area (Å²) in [5, 5.41) is 5.20. The molecule has 6 heteroatoms. The summed E-state index contributed by atoms with van der Waals surface area (Å²) in [6.07, 6.45) is -0.487. The smallest absolute Gasteiger partial charge is 0.410 e. The third kappa shape index (κ3) is 6.52. The van der Waals surface area contributed by atoms with Crippen molar-refractivity contribution in [2.75, 3.05) is 13.1 Å². The van der Waals surface area contributed by atoms with Gasteiger partial charge in [0.1, 0.15) is 11.5 Å². The summed E-state index contributed by atoms with van der Waals surface area (Å²) in [6.45, 7) is 0.772. The van der Waals surface area contributed by atoms with Gasteiger partial charge in [0.05, 0.1) is 0 Å². The molecule has 0 spiro atoms. The number of hydrogen-bond donors (Lipinski definition) is 2. The van der Waals surface area contributed by atoms with E-state index in [4.69, 9.17) is 9.47 Å². The summed E-state index contributed by atoms with van der Waals surface area (Å²) in [5.74, 6) is 0.962. The van der Waals surface area contributed by atoms with Crippen LogP contribution in [0.25, 0.3) is 0 Å². The lowest BCUT2D eigenvalue weighted by molar-refractivity contribution is 0.199. The van der Waals surface area contributed by atoms with Crippen LogP contribution in [-0.2, 0) is 0 Å². The third-order valence-electron chi connectivity index (χ3n) is 2.80. The number of benzene rings is 2. The van der Waals surface area contributed by atoms with E-state index in [1.54, 1.807) is 48.5 Å². The SMILES string of the molecule is O=C(NCCCNC(=O)Oc1ccccc1)Oc1ccccc1. The zero-order valence-electron chi connectivity index (χ0n) is 12.5. The zero-order valence-corrected chi connectivity index (χ0v) is 12.5. The van der Waals surface area contributed by atoms with Gasteiger partial charge in [-0.3, -0.25) is 0 Å². The van der Waals surface area contributed by atoms with E-state index in [0.717, 1.165) is 0 Å². The number of para-hydroxylation sites is 2. The Morgan fingerprint density at radius 2 is 1.09 bits per heavy atom. The molecule has 0 fully saturated rings. The van der Waals surface area contributed by atoms with Gasteiger partial charge in [-0.05, 0) is 30.7 Å². The van der Waals surface area contributed by atoms with Crippen LogP contribution in [0.15, 0.2) is 60.7 Å². The molecule has 2 N–H and O–H groups in total. The maximum absolute atomic E-state index is 11.5. The van der Waals surface area contributed by atoms with Gasteiger partial charge in [-0.1, -0.05) is 36.4 Å². The van der Waals surface area contributed by atoms with E-state index in [9.17, 15) is 9.59 Å². The summed E-state index contributed by atoms with van der Waals surface area (Å²) < 4.78 is 10.1. The first-order valence-electron chi connectivity index (χ1n) is 7.25. The van der Waals surface area contributed by atoms with Crippen molar-refractivity contribution in [2.45, 2.75) is 6.42 Å². The highest BCUT2D eigenvalue weighted by Crippen LogP contribution is 2.08. The standard InChI is InChI=1S/C17H18N2O4/c20-16(22-14-8-3-1-4-9-14)18-12-7-13-19-17(21)23-15-10-5-2-6-11-15/h1-6,8-11H,7,12-13H2,(H,18,20)(H,19,21). The van der Waals surface area contributed by atoms with E-state index in [-0.39, 0.29) is 0 Å². The Labute approximate surface area is 134 Å².